The Balaban J connectivity index is 0.000000132. The maximum atomic E-state index is 2.59. The van der Waals surface area contributed by atoms with E-state index in [1.807, 2.05) is 0 Å². The molecule has 8 heteroatoms. The van der Waals surface area contributed by atoms with E-state index in [0.29, 0.717) is 22.7 Å². The third-order valence-corrected chi connectivity index (χ3v) is 35.3. The lowest BCUT2D eigenvalue weighted by Gasteiger charge is -2.43. The Morgan fingerprint density at radius 2 is 0.461 bits per heavy atom. The molecule has 0 atom stereocenters. The van der Waals surface area contributed by atoms with Crippen molar-refractivity contribution in [3.05, 3.63) is 335 Å². The number of hydrogen-bond acceptors (Lipinski definition) is 0. The molecule has 0 saturated heterocycles. The van der Waals surface area contributed by atoms with Crippen molar-refractivity contribution in [3.8, 4) is 112 Å². The van der Waals surface area contributed by atoms with Crippen molar-refractivity contribution in [2.24, 2.45) is 67.2 Å². The molecule has 141 heavy (non-hydrogen) atoms. The molecule has 7 aliphatic carbocycles. The molecule has 7 aliphatic rings. The van der Waals surface area contributed by atoms with Crippen LogP contribution in [0.25, 0.3) is 112 Å². The van der Waals surface area contributed by atoms with Gasteiger partial charge < -0.3 is 0 Å². The highest BCUT2D eigenvalue weighted by molar-refractivity contribution is 5.84. The Bertz CT molecular complexity index is 6360. The van der Waals surface area contributed by atoms with Crippen LogP contribution in [-0.2, 0) is 61.8 Å². The van der Waals surface area contributed by atoms with Gasteiger partial charge in [0, 0.05) is 108 Å². The fraction of sp³-hybridized carbons (Fsp3) is 0.429. The Kier molecular flexibility index (Phi) is 31.5. The first-order chi connectivity index (χ1) is 68.3. The maximum Gasteiger partial charge on any atom is 0.212 e. The number of rotatable bonds is 15. The third kappa shape index (κ3) is 22.8. The van der Waals surface area contributed by atoms with Crippen molar-refractivity contribution in [2.45, 2.75) is 302 Å². The molecule has 2 spiro atoms. The normalized spacial score (nSPS) is 17.5. The molecular formula is C133H164N8+8. The summed E-state index contributed by atoms with van der Waals surface area (Å²) in [5, 5.41) is 0. The minimum absolute atomic E-state index is 0.0951. The highest BCUT2D eigenvalue weighted by Gasteiger charge is 2.40. The van der Waals surface area contributed by atoms with Crippen molar-refractivity contribution in [1.29, 1.82) is 0 Å². The van der Waals surface area contributed by atoms with E-state index in [0.717, 1.165) is 17.8 Å². The number of hydrogen-bond donors (Lipinski definition) is 0. The van der Waals surface area contributed by atoms with Gasteiger partial charge in [0.05, 0.1) is 33.4 Å². The summed E-state index contributed by atoms with van der Waals surface area (Å²) < 4.78 is 18.2. The van der Waals surface area contributed by atoms with Crippen LogP contribution in [0.4, 0.5) is 0 Å². The molecule has 728 valence electrons. The Labute approximate surface area is 847 Å². The van der Waals surface area contributed by atoms with Crippen LogP contribution in [0.15, 0.2) is 274 Å². The zero-order valence-electron chi connectivity index (χ0n) is 88.8. The molecule has 0 N–H and O–H groups in total. The molecule has 14 aromatic rings. The summed E-state index contributed by atoms with van der Waals surface area (Å²) in [6, 6.07) is 85.1. The third-order valence-electron chi connectivity index (χ3n) is 35.3. The lowest BCUT2D eigenvalue weighted by molar-refractivity contribution is -0.661. The van der Waals surface area contributed by atoms with Crippen molar-refractivity contribution >= 4 is 0 Å². The summed E-state index contributed by atoms with van der Waals surface area (Å²) in [5.41, 5.74) is 43.2. The van der Waals surface area contributed by atoms with Crippen LogP contribution >= 0.6 is 0 Å². The average molecular weight is 1870 g/mol. The van der Waals surface area contributed by atoms with Gasteiger partial charge in [-0.1, -0.05) is 177 Å². The minimum atomic E-state index is 0.0951. The van der Waals surface area contributed by atoms with Crippen LogP contribution in [0.5, 0.6) is 0 Å². The summed E-state index contributed by atoms with van der Waals surface area (Å²) in [5.74, 6) is 3.55. The number of pyridine rings is 8. The monoisotopic (exact) mass is 1870 g/mol. The number of aromatic nitrogens is 8. The standard InChI is InChI=1S/C53H70N2.C31H40N2.C26H26N2.C23H28N2/c1-39-48(50-37-45(23-33-54(50)2)43-19-29-52(30-20-43)25-9-5-10-26-52)35-47(42-17-15-41(16-18-42)40-13-7-4-8-14-40)36-49(39)51-38-46(24-34-55(51)3)44-21-31-53(32-22-44)27-11-6-12-28-53;1-23-28(30-21-26(17-19-32(30)2)24-11-6-4-7-12-24)15-10-16-29(23)31-22-27(18-20-33(31)3)25-13-8-5-9-14-25;1-19-11-13-21(14-12-19)22-17-23(25-9-5-7-15-27(25)3)20(2)24(18-22)26-10-6-8-16-28(26)4;1-17-19(21-11-7-9-13-24(21)5)15-18(23(2,3)4)16-20(17)22-12-8-10-14-25(22)6/h15-18,23-24,33-38,40,43-44H,4-14,19-22,25-32H2,1-3H3;10,15-22,24-25H,4-9,11-14H2,1-3H3;5-18H,1-4H3;7-16H,1-6H3/q4*+2. The minimum Gasteiger partial charge on any atom is -0.201 e. The van der Waals surface area contributed by atoms with Gasteiger partial charge in [-0.2, -0.15) is 0 Å². The van der Waals surface area contributed by atoms with Gasteiger partial charge in [-0.25, -0.2) is 36.5 Å². The number of aryl methyl sites for hydroxylation is 9. The van der Waals surface area contributed by atoms with Crippen LogP contribution in [0.3, 0.4) is 0 Å². The molecule has 8 nitrogen and oxygen atoms in total. The SMILES string of the molecule is Cc1c(-c2cc(C3CCC4(CCCCC4)CC3)cc[n+]2C)cc(-c2ccc(C3CCCCC3)cc2)cc1-c1cc(C2CCC3(CCCCC3)CC2)cc[n+]1C.Cc1c(-c2cc(C3CCCCC3)cc[n+]2C)cccc1-c1cc(C2CCCCC2)cc[n+]1C.Cc1c(-c2cccc[n+]2C)cc(C(C)(C)C)cc1-c1cccc[n+]1C.Cc1ccc(-c2cc(-c3cccc[n+]3C)c(C)c(-c3cccc[n+]3C)c2)cc1. The predicted octanol–water partition coefficient (Wildman–Crippen LogP) is 30.2. The molecule has 7 fully saturated rings. The molecule has 7 saturated carbocycles. The van der Waals surface area contributed by atoms with Crippen LogP contribution in [0, 0.1) is 45.4 Å². The summed E-state index contributed by atoms with van der Waals surface area (Å²) >= 11 is 0. The molecule has 8 heterocycles. The van der Waals surface area contributed by atoms with Crippen LogP contribution in [0.2, 0.25) is 0 Å². The van der Waals surface area contributed by atoms with Gasteiger partial charge in [-0.15, -0.1) is 0 Å². The topological polar surface area (TPSA) is 31.0 Å². The first kappa shape index (κ1) is 99.7. The molecule has 0 radical (unpaired) electrons. The van der Waals surface area contributed by atoms with E-state index >= 15 is 0 Å². The number of nitrogens with zero attached hydrogens (tertiary/aromatic N) is 8. The van der Waals surface area contributed by atoms with Crippen LogP contribution in [0.1, 0.15) is 323 Å². The average Bonchev–Trinajstić information content (AvgIpc) is 0.789. The fourth-order valence-electron chi connectivity index (χ4n) is 26.1. The summed E-state index contributed by atoms with van der Waals surface area (Å²) in [7, 11) is 17.4. The van der Waals surface area contributed by atoms with E-state index in [4.69, 9.17) is 0 Å². The van der Waals surface area contributed by atoms with Crippen molar-refractivity contribution in [3.63, 3.8) is 0 Å². The smallest absolute Gasteiger partial charge is 0.201 e. The van der Waals surface area contributed by atoms with Crippen molar-refractivity contribution < 1.29 is 36.5 Å². The summed E-state index contributed by atoms with van der Waals surface area (Å²) in [6.45, 7) is 18.1. The van der Waals surface area contributed by atoms with Crippen LogP contribution in [-0.4, -0.2) is 0 Å². The predicted molar refractivity (Wildman–Crippen MR) is 583 cm³/mol. The Morgan fingerprint density at radius 1 is 0.206 bits per heavy atom. The van der Waals surface area contributed by atoms with Gasteiger partial charge in [0.25, 0.3) is 0 Å². The first-order valence-electron chi connectivity index (χ1n) is 54.8. The highest BCUT2D eigenvalue weighted by Crippen LogP contribution is 2.54. The van der Waals surface area contributed by atoms with E-state index in [9.17, 15) is 0 Å². The number of benzene rings is 6. The molecule has 0 aliphatic heterocycles. The van der Waals surface area contributed by atoms with Crippen molar-refractivity contribution in [2.75, 3.05) is 0 Å². The van der Waals surface area contributed by atoms with Gasteiger partial charge in [-0.05, 0) is 347 Å². The first-order valence-corrected chi connectivity index (χ1v) is 54.8. The van der Waals surface area contributed by atoms with E-state index < -0.39 is 0 Å². The summed E-state index contributed by atoms with van der Waals surface area (Å²) in [6.07, 6.45) is 64.1. The second kappa shape index (κ2) is 44.6. The second-order valence-corrected chi connectivity index (χ2v) is 45.6. The van der Waals surface area contributed by atoms with E-state index in [-0.39, 0.29) is 5.41 Å². The zero-order chi connectivity index (χ0) is 98.1. The van der Waals surface area contributed by atoms with Crippen LogP contribution < -0.4 is 36.5 Å². The second-order valence-electron chi connectivity index (χ2n) is 45.6. The lowest BCUT2D eigenvalue weighted by Crippen LogP contribution is -2.33. The van der Waals surface area contributed by atoms with Gasteiger partial charge in [-0.3, -0.25) is 0 Å². The highest BCUT2D eigenvalue weighted by atomic mass is 15.0. The molecule has 8 aromatic heterocycles. The molecule has 6 aromatic carbocycles. The van der Waals surface area contributed by atoms with E-state index in [1.165, 1.54) is 369 Å². The summed E-state index contributed by atoms with van der Waals surface area (Å²) in [4.78, 5) is 0. The maximum absolute atomic E-state index is 2.59. The van der Waals surface area contributed by atoms with Gasteiger partial charge in [0.1, 0.15) is 56.4 Å². The zero-order valence-corrected chi connectivity index (χ0v) is 88.8. The van der Waals surface area contributed by atoms with Gasteiger partial charge in [0.15, 0.2) is 49.6 Å². The van der Waals surface area contributed by atoms with Crippen molar-refractivity contribution in [1.82, 2.24) is 0 Å². The molecular weight excluding hydrogens is 1710 g/mol. The Hall–Kier alpha value is -11.5. The molecule has 21 rings (SSSR count). The fourth-order valence-corrected chi connectivity index (χ4v) is 26.1. The molecule has 0 amide bonds. The van der Waals surface area contributed by atoms with Gasteiger partial charge >= 0.3 is 0 Å². The van der Waals surface area contributed by atoms with E-state index in [1.54, 1.807) is 16.7 Å². The molecule has 0 unspecified atom stereocenters. The Morgan fingerprint density at radius 3 is 0.766 bits per heavy atom. The van der Waals surface area contributed by atoms with E-state index in [2.05, 4.69) is 422 Å². The quantitative estimate of drug-likeness (QED) is 0.0916. The largest absolute Gasteiger partial charge is 0.212 e. The lowest BCUT2D eigenvalue weighted by atomic mass is 9.62. The molecule has 0 bridgehead atoms. The van der Waals surface area contributed by atoms with Gasteiger partial charge in [0.2, 0.25) is 45.6 Å².